The molecular weight excluding hydrogens is 170 g/mol. The number of ether oxygens (including phenoxy) is 1. The minimum Gasteiger partial charge on any atom is -0.444 e. The van der Waals surface area contributed by atoms with Gasteiger partial charge in [0.05, 0.1) is 6.04 Å². The molecule has 0 saturated heterocycles. The van der Waals surface area contributed by atoms with Gasteiger partial charge in [-0.1, -0.05) is 6.92 Å². The summed E-state index contributed by atoms with van der Waals surface area (Å²) in [6.45, 7) is 7.07. The molecule has 0 fully saturated rings. The van der Waals surface area contributed by atoms with Crippen molar-refractivity contribution in [1.29, 1.82) is 0 Å². The van der Waals surface area contributed by atoms with Crippen LogP contribution >= 0.6 is 0 Å². The van der Waals surface area contributed by atoms with Crippen molar-refractivity contribution in [3.05, 3.63) is 0 Å². The van der Waals surface area contributed by atoms with Crippen molar-refractivity contribution < 1.29 is 14.3 Å². The summed E-state index contributed by atoms with van der Waals surface area (Å²) in [4.78, 5) is 21.3. The molecule has 0 bridgehead atoms. The summed E-state index contributed by atoms with van der Waals surface area (Å²) in [5.41, 5.74) is -0.536. The quantitative estimate of drug-likeness (QED) is 0.724. The van der Waals surface area contributed by atoms with Crippen molar-refractivity contribution >= 4 is 12.4 Å². The Labute approximate surface area is 78.6 Å². The molecule has 1 atom stereocenters. The number of nitrogens with one attached hydrogen (secondary N) is 1. The van der Waals surface area contributed by atoms with E-state index in [4.69, 9.17) is 4.74 Å². The molecule has 0 aliphatic carbocycles. The van der Waals surface area contributed by atoms with E-state index in [2.05, 4.69) is 5.32 Å². The van der Waals surface area contributed by atoms with Crippen LogP contribution in [0.15, 0.2) is 0 Å². The number of carbonyl (C=O) groups is 1. The van der Waals surface area contributed by atoms with Gasteiger partial charge in [-0.15, -0.1) is 0 Å². The Hall–Kier alpha value is -1.06. The molecule has 0 saturated carbocycles. The Bertz CT molecular complexity index is 184. The molecule has 0 unspecified atom stereocenters. The lowest BCUT2D eigenvalue weighted by Crippen LogP contribution is -2.39. The highest BCUT2D eigenvalue weighted by molar-refractivity contribution is 5.73. The molecule has 0 aromatic carbocycles. The summed E-state index contributed by atoms with van der Waals surface area (Å²) in [6, 6.07) is -0.574. The Morgan fingerprint density at radius 2 is 2.08 bits per heavy atom. The van der Waals surface area contributed by atoms with Crippen molar-refractivity contribution in [1.82, 2.24) is 5.32 Å². The molecule has 13 heavy (non-hydrogen) atoms. The summed E-state index contributed by atoms with van der Waals surface area (Å²) in [5, 5.41) is 2.39. The Kier molecular flexibility index (Phi) is 4.45. The maximum atomic E-state index is 11.1. The van der Waals surface area contributed by atoms with Gasteiger partial charge in [0.25, 0.3) is 0 Å². The zero-order chi connectivity index (χ0) is 10.5. The van der Waals surface area contributed by atoms with E-state index in [1.807, 2.05) is 0 Å². The third kappa shape index (κ3) is 6.13. The van der Waals surface area contributed by atoms with Crippen molar-refractivity contribution in [2.75, 3.05) is 0 Å². The first-order valence-electron chi connectivity index (χ1n) is 4.26. The zero-order valence-electron chi connectivity index (χ0n) is 8.51. The Balaban J connectivity index is 3.93. The van der Waals surface area contributed by atoms with Crippen LogP contribution in [0, 0.1) is 0 Å². The highest BCUT2D eigenvalue weighted by atomic mass is 16.6. The molecule has 0 rings (SSSR count). The SMILES string of the molecule is CC[C@@H]([C]=O)NC(=O)OC(C)(C)C. The standard InChI is InChI=1S/C9H16NO3/c1-5-7(6-11)10-8(12)13-9(2,3)4/h7H,5H2,1-4H3,(H,10,12)/t7-/m0/s1. The van der Waals surface area contributed by atoms with Gasteiger partial charge in [-0.2, -0.15) is 0 Å². The first kappa shape index (κ1) is 11.9. The highest BCUT2D eigenvalue weighted by Crippen LogP contribution is 2.06. The predicted molar refractivity (Wildman–Crippen MR) is 49.1 cm³/mol. The first-order chi connectivity index (χ1) is 5.89. The van der Waals surface area contributed by atoms with E-state index in [-0.39, 0.29) is 0 Å². The summed E-state index contributed by atoms with van der Waals surface area (Å²) in [5.74, 6) is 0. The third-order valence-electron chi connectivity index (χ3n) is 1.24. The molecule has 0 heterocycles. The molecule has 1 N–H and O–H groups in total. The maximum absolute atomic E-state index is 11.1. The molecule has 4 nitrogen and oxygen atoms in total. The minimum absolute atomic E-state index is 0.517. The fraction of sp³-hybridized carbons (Fsp3) is 0.778. The van der Waals surface area contributed by atoms with Gasteiger partial charge < -0.3 is 10.1 Å². The van der Waals surface area contributed by atoms with E-state index in [0.29, 0.717) is 6.42 Å². The lowest BCUT2D eigenvalue weighted by molar-refractivity contribution is 0.0516. The van der Waals surface area contributed by atoms with E-state index < -0.39 is 17.7 Å². The summed E-state index contributed by atoms with van der Waals surface area (Å²) >= 11 is 0. The normalized spacial score (nSPS) is 13.2. The second-order valence-electron chi connectivity index (χ2n) is 3.72. The maximum Gasteiger partial charge on any atom is 0.408 e. The van der Waals surface area contributed by atoms with Crippen LogP contribution < -0.4 is 5.32 Å². The smallest absolute Gasteiger partial charge is 0.408 e. The van der Waals surface area contributed by atoms with Gasteiger partial charge in [-0.3, -0.25) is 4.79 Å². The van der Waals surface area contributed by atoms with Gasteiger partial charge in [0.2, 0.25) is 6.29 Å². The number of hydrogen-bond donors (Lipinski definition) is 1. The van der Waals surface area contributed by atoms with Crippen LogP contribution in [-0.2, 0) is 9.53 Å². The van der Waals surface area contributed by atoms with Crippen LogP contribution in [0.4, 0.5) is 4.79 Å². The molecule has 0 aliphatic rings. The molecular formula is C9H16NO3. The second-order valence-corrected chi connectivity index (χ2v) is 3.72. The Morgan fingerprint density at radius 1 is 1.54 bits per heavy atom. The number of hydrogen-bond acceptors (Lipinski definition) is 3. The van der Waals surface area contributed by atoms with Crippen molar-refractivity contribution in [2.24, 2.45) is 0 Å². The van der Waals surface area contributed by atoms with E-state index in [9.17, 15) is 9.59 Å². The number of rotatable bonds is 3. The highest BCUT2D eigenvalue weighted by Gasteiger charge is 2.18. The molecule has 1 amide bonds. The molecule has 0 aromatic heterocycles. The van der Waals surface area contributed by atoms with Crippen LogP contribution in [0.3, 0.4) is 0 Å². The first-order valence-corrected chi connectivity index (χ1v) is 4.26. The van der Waals surface area contributed by atoms with Gasteiger partial charge in [0, 0.05) is 0 Å². The van der Waals surface area contributed by atoms with Gasteiger partial charge in [-0.25, -0.2) is 4.79 Å². The summed E-state index contributed by atoms with van der Waals surface area (Å²) < 4.78 is 4.94. The third-order valence-corrected chi connectivity index (χ3v) is 1.24. The Morgan fingerprint density at radius 3 is 2.38 bits per heavy atom. The molecule has 1 radical (unpaired) electrons. The number of carbonyl (C=O) groups excluding carboxylic acids is 2. The summed E-state index contributed by atoms with van der Waals surface area (Å²) in [7, 11) is 0. The van der Waals surface area contributed by atoms with Crippen molar-refractivity contribution in [3.63, 3.8) is 0 Å². The van der Waals surface area contributed by atoms with Crippen LogP contribution in [0.25, 0.3) is 0 Å². The molecule has 75 valence electrons. The van der Waals surface area contributed by atoms with Gasteiger partial charge in [0.15, 0.2) is 0 Å². The average molecular weight is 186 g/mol. The average Bonchev–Trinajstić information content (AvgIpc) is 1.96. The predicted octanol–water partition coefficient (Wildman–Crippen LogP) is 1.40. The van der Waals surface area contributed by atoms with Crippen LogP contribution in [0.5, 0.6) is 0 Å². The zero-order valence-corrected chi connectivity index (χ0v) is 8.51. The lowest BCUT2D eigenvalue weighted by Gasteiger charge is -2.20. The number of alkyl carbamates (subject to hydrolysis) is 1. The monoisotopic (exact) mass is 186 g/mol. The number of amides is 1. The van der Waals surface area contributed by atoms with E-state index in [0.717, 1.165) is 0 Å². The van der Waals surface area contributed by atoms with Crippen molar-refractivity contribution in [3.8, 4) is 0 Å². The van der Waals surface area contributed by atoms with Crippen molar-refractivity contribution in [2.45, 2.75) is 45.8 Å². The van der Waals surface area contributed by atoms with Gasteiger partial charge >= 0.3 is 6.09 Å². The van der Waals surface area contributed by atoms with Crippen LogP contribution in [0.1, 0.15) is 34.1 Å². The largest absolute Gasteiger partial charge is 0.444 e. The molecule has 0 spiro atoms. The molecule has 4 heteroatoms. The van der Waals surface area contributed by atoms with E-state index in [1.54, 1.807) is 34.0 Å². The fourth-order valence-electron chi connectivity index (χ4n) is 0.665. The van der Waals surface area contributed by atoms with E-state index >= 15 is 0 Å². The topological polar surface area (TPSA) is 55.4 Å². The minimum atomic E-state index is -0.581. The van der Waals surface area contributed by atoms with Crippen LogP contribution in [0.2, 0.25) is 0 Å². The van der Waals surface area contributed by atoms with Crippen LogP contribution in [-0.4, -0.2) is 24.0 Å². The lowest BCUT2D eigenvalue weighted by atomic mass is 10.2. The fourth-order valence-corrected chi connectivity index (χ4v) is 0.665. The van der Waals surface area contributed by atoms with Gasteiger partial charge in [-0.05, 0) is 27.2 Å². The van der Waals surface area contributed by atoms with Gasteiger partial charge in [0.1, 0.15) is 5.60 Å². The molecule has 0 aromatic rings. The van der Waals surface area contributed by atoms with E-state index in [1.165, 1.54) is 0 Å². The summed E-state index contributed by atoms with van der Waals surface area (Å²) in [6.07, 6.45) is 1.64. The molecule has 0 aliphatic heterocycles. The second kappa shape index (κ2) is 4.84.